The minimum atomic E-state index is -0.349. The van der Waals surface area contributed by atoms with Crippen molar-refractivity contribution < 1.29 is 4.79 Å². The molecule has 0 saturated carbocycles. The van der Waals surface area contributed by atoms with Crippen molar-refractivity contribution in [2.24, 2.45) is 5.73 Å². The summed E-state index contributed by atoms with van der Waals surface area (Å²) in [5.41, 5.74) is 11.1. The van der Waals surface area contributed by atoms with E-state index in [1.165, 1.54) is 0 Å². The standard InChI is InChI=1S/C11H18N6O/c1-6(2)9-14-10(13)16-11(15-9)17-5-3-4-7(17)8(12)18/h6-7H,3-5H2,1-2H3,(H2,12,18)(H2,13,14,15,16). The van der Waals surface area contributed by atoms with E-state index in [9.17, 15) is 4.79 Å². The lowest BCUT2D eigenvalue weighted by Crippen LogP contribution is -2.41. The van der Waals surface area contributed by atoms with E-state index in [4.69, 9.17) is 11.5 Å². The molecule has 4 N–H and O–H groups in total. The number of hydrogen-bond donors (Lipinski definition) is 2. The first-order valence-electron chi connectivity index (χ1n) is 6.06. The molecule has 1 aliphatic rings. The third-order valence-corrected chi connectivity index (χ3v) is 3.01. The largest absolute Gasteiger partial charge is 0.368 e. The average Bonchev–Trinajstić information content (AvgIpc) is 2.76. The SMILES string of the molecule is CC(C)c1nc(N)nc(N2CCCC2C(N)=O)n1. The molecule has 2 rings (SSSR count). The van der Waals surface area contributed by atoms with Gasteiger partial charge < -0.3 is 16.4 Å². The Morgan fingerprint density at radius 1 is 1.39 bits per heavy atom. The fourth-order valence-corrected chi connectivity index (χ4v) is 2.09. The van der Waals surface area contributed by atoms with Crippen LogP contribution in [-0.4, -0.2) is 33.4 Å². The molecule has 1 amide bonds. The Morgan fingerprint density at radius 3 is 2.72 bits per heavy atom. The molecule has 1 saturated heterocycles. The molecule has 18 heavy (non-hydrogen) atoms. The highest BCUT2D eigenvalue weighted by Gasteiger charge is 2.31. The Balaban J connectivity index is 2.35. The van der Waals surface area contributed by atoms with Gasteiger partial charge in [-0.15, -0.1) is 0 Å². The Labute approximate surface area is 106 Å². The molecule has 1 aromatic heterocycles. The van der Waals surface area contributed by atoms with Crippen LogP contribution in [0.3, 0.4) is 0 Å². The highest BCUT2D eigenvalue weighted by atomic mass is 16.1. The van der Waals surface area contributed by atoms with Gasteiger partial charge in [0, 0.05) is 12.5 Å². The number of nitrogen functional groups attached to an aromatic ring is 1. The van der Waals surface area contributed by atoms with E-state index in [-0.39, 0.29) is 23.8 Å². The number of rotatable bonds is 3. The van der Waals surface area contributed by atoms with E-state index in [1.54, 1.807) is 0 Å². The summed E-state index contributed by atoms with van der Waals surface area (Å²) in [5.74, 6) is 1.07. The lowest BCUT2D eigenvalue weighted by Gasteiger charge is -2.22. The predicted molar refractivity (Wildman–Crippen MR) is 67.9 cm³/mol. The average molecular weight is 250 g/mol. The molecule has 0 aliphatic carbocycles. The van der Waals surface area contributed by atoms with Gasteiger partial charge in [0.15, 0.2) is 0 Å². The van der Waals surface area contributed by atoms with Crippen LogP contribution in [0, 0.1) is 0 Å². The third kappa shape index (κ3) is 2.34. The molecule has 1 aromatic rings. The van der Waals surface area contributed by atoms with E-state index in [0.29, 0.717) is 18.3 Å². The molecular weight excluding hydrogens is 232 g/mol. The van der Waals surface area contributed by atoms with Crippen molar-refractivity contribution in [2.75, 3.05) is 17.2 Å². The van der Waals surface area contributed by atoms with Gasteiger partial charge in [-0.25, -0.2) is 0 Å². The normalized spacial score (nSPS) is 19.5. The topological polar surface area (TPSA) is 111 Å². The van der Waals surface area contributed by atoms with Crippen molar-refractivity contribution in [3.05, 3.63) is 5.82 Å². The van der Waals surface area contributed by atoms with Gasteiger partial charge in [0.05, 0.1) is 0 Å². The molecule has 7 nitrogen and oxygen atoms in total. The molecule has 1 fully saturated rings. The summed E-state index contributed by atoms with van der Waals surface area (Å²) in [6.45, 7) is 4.68. The maximum atomic E-state index is 11.4. The Hall–Kier alpha value is -1.92. The smallest absolute Gasteiger partial charge is 0.240 e. The zero-order chi connectivity index (χ0) is 13.3. The second-order valence-corrected chi connectivity index (χ2v) is 4.76. The van der Waals surface area contributed by atoms with Crippen molar-refractivity contribution in [3.63, 3.8) is 0 Å². The third-order valence-electron chi connectivity index (χ3n) is 3.01. The summed E-state index contributed by atoms with van der Waals surface area (Å²) in [6.07, 6.45) is 1.63. The van der Waals surface area contributed by atoms with Crippen molar-refractivity contribution >= 4 is 17.8 Å². The number of amides is 1. The number of nitrogens with two attached hydrogens (primary N) is 2. The van der Waals surface area contributed by atoms with Crippen LogP contribution >= 0.6 is 0 Å². The summed E-state index contributed by atoms with van der Waals surface area (Å²) in [5, 5.41) is 0. The second kappa shape index (κ2) is 4.75. The van der Waals surface area contributed by atoms with E-state index in [1.807, 2.05) is 18.7 Å². The number of primary amides is 1. The van der Waals surface area contributed by atoms with Gasteiger partial charge in [0.25, 0.3) is 0 Å². The van der Waals surface area contributed by atoms with Crippen molar-refractivity contribution in [2.45, 2.75) is 38.6 Å². The molecule has 1 unspecified atom stereocenters. The highest BCUT2D eigenvalue weighted by molar-refractivity contribution is 5.83. The van der Waals surface area contributed by atoms with Crippen LogP contribution < -0.4 is 16.4 Å². The van der Waals surface area contributed by atoms with Gasteiger partial charge in [0.2, 0.25) is 17.8 Å². The summed E-state index contributed by atoms with van der Waals surface area (Å²) < 4.78 is 0. The van der Waals surface area contributed by atoms with Gasteiger partial charge in [-0.2, -0.15) is 15.0 Å². The quantitative estimate of drug-likeness (QED) is 0.783. The van der Waals surface area contributed by atoms with E-state index >= 15 is 0 Å². The van der Waals surface area contributed by atoms with Crippen LogP contribution in [0.5, 0.6) is 0 Å². The molecular formula is C11H18N6O. The van der Waals surface area contributed by atoms with Gasteiger partial charge >= 0.3 is 0 Å². The van der Waals surface area contributed by atoms with Crippen LogP contribution in [0.1, 0.15) is 38.4 Å². The molecule has 0 aromatic carbocycles. The summed E-state index contributed by atoms with van der Waals surface area (Å²) in [4.78, 5) is 25.7. The summed E-state index contributed by atoms with van der Waals surface area (Å²) >= 11 is 0. The van der Waals surface area contributed by atoms with Crippen molar-refractivity contribution in [1.82, 2.24) is 15.0 Å². The highest BCUT2D eigenvalue weighted by Crippen LogP contribution is 2.23. The predicted octanol–water partition coefficient (Wildman–Crippen LogP) is 0.0313. The number of hydrogen-bond acceptors (Lipinski definition) is 6. The van der Waals surface area contributed by atoms with Crippen LogP contribution in [0.2, 0.25) is 0 Å². The number of nitrogens with zero attached hydrogens (tertiary/aromatic N) is 4. The van der Waals surface area contributed by atoms with Gasteiger partial charge in [0.1, 0.15) is 11.9 Å². The molecule has 1 aliphatic heterocycles. The molecule has 0 spiro atoms. The molecule has 98 valence electrons. The summed E-state index contributed by atoms with van der Waals surface area (Å²) in [6, 6.07) is -0.341. The number of carbonyl (C=O) groups excluding carboxylic acids is 1. The monoisotopic (exact) mass is 250 g/mol. The fourth-order valence-electron chi connectivity index (χ4n) is 2.09. The summed E-state index contributed by atoms with van der Waals surface area (Å²) in [7, 11) is 0. The maximum Gasteiger partial charge on any atom is 0.240 e. The van der Waals surface area contributed by atoms with Crippen LogP contribution in [0.4, 0.5) is 11.9 Å². The maximum absolute atomic E-state index is 11.4. The zero-order valence-electron chi connectivity index (χ0n) is 10.6. The molecule has 2 heterocycles. The minimum absolute atomic E-state index is 0.156. The Kier molecular flexibility index (Phi) is 3.31. The minimum Gasteiger partial charge on any atom is -0.368 e. The van der Waals surface area contributed by atoms with Crippen LogP contribution in [0.25, 0.3) is 0 Å². The number of aromatic nitrogens is 3. The molecule has 1 atom stereocenters. The first-order chi connectivity index (χ1) is 8.49. The number of anilines is 2. The van der Waals surface area contributed by atoms with Gasteiger partial charge in [-0.1, -0.05) is 13.8 Å². The second-order valence-electron chi connectivity index (χ2n) is 4.76. The van der Waals surface area contributed by atoms with Crippen molar-refractivity contribution in [1.29, 1.82) is 0 Å². The van der Waals surface area contributed by atoms with Crippen LogP contribution in [0.15, 0.2) is 0 Å². The van der Waals surface area contributed by atoms with E-state index < -0.39 is 0 Å². The lowest BCUT2D eigenvalue weighted by atomic mass is 10.2. The van der Waals surface area contributed by atoms with Crippen molar-refractivity contribution in [3.8, 4) is 0 Å². The fraction of sp³-hybridized carbons (Fsp3) is 0.636. The Morgan fingerprint density at radius 2 is 2.11 bits per heavy atom. The van der Waals surface area contributed by atoms with Gasteiger partial charge in [-0.3, -0.25) is 4.79 Å². The molecule has 0 bridgehead atoms. The van der Waals surface area contributed by atoms with E-state index in [2.05, 4.69) is 15.0 Å². The van der Waals surface area contributed by atoms with E-state index in [0.717, 1.165) is 12.8 Å². The molecule has 0 radical (unpaired) electrons. The van der Waals surface area contributed by atoms with Gasteiger partial charge in [-0.05, 0) is 12.8 Å². The van der Waals surface area contributed by atoms with Crippen LogP contribution in [-0.2, 0) is 4.79 Å². The number of carbonyl (C=O) groups is 1. The first kappa shape index (κ1) is 12.5. The zero-order valence-corrected chi connectivity index (χ0v) is 10.6. The lowest BCUT2D eigenvalue weighted by molar-refractivity contribution is -0.119. The Bertz CT molecular complexity index is 461. The first-order valence-corrected chi connectivity index (χ1v) is 6.06. The molecule has 7 heteroatoms.